The van der Waals surface area contributed by atoms with Crippen LogP contribution in [-0.4, -0.2) is 67.6 Å². The number of aromatic nitrogens is 1. The summed E-state index contributed by atoms with van der Waals surface area (Å²) in [4.78, 5) is 12.4. The Kier molecular flexibility index (Phi) is 4.51. The number of piperazine rings is 1. The van der Waals surface area contributed by atoms with Crippen LogP contribution in [0.15, 0.2) is 24.3 Å². The lowest BCUT2D eigenvalue weighted by Crippen LogP contribution is -2.47. The Hall–Kier alpha value is -1.17. The van der Waals surface area contributed by atoms with Gasteiger partial charge in [-0.15, -0.1) is 0 Å². The molecule has 124 valence electrons. The Morgan fingerprint density at radius 3 is 2.52 bits per heavy atom. The smallest absolute Gasteiger partial charge is 0.186 e. The zero-order valence-electron chi connectivity index (χ0n) is 13.9. The van der Waals surface area contributed by atoms with Crippen molar-refractivity contribution in [3.05, 3.63) is 24.3 Å². The predicted octanol–water partition coefficient (Wildman–Crippen LogP) is 2.76. The van der Waals surface area contributed by atoms with E-state index < -0.39 is 0 Å². The molecule has 2 aromatic rings. The van der Waals surface area contributed by atoms with Crippen molar-refractivity contribution >= 4 is 26.7 Å². The van der Waals surface area contributed by atoms with Gasteiger partial charge in [-0.3, -0.25) is 0 Å². The van der Waals surface area contributed by atoms with Gasteiger partial charge >= 0.3 is 0 Å². The molecule has 0 saturated carbocycles. The highest BCUT2D eigenvalue weighted by atomic mass is 32.1. The summed E-state index contributed by atoms with van der Waals surface area (Å²) in [5, 5.41) is 1.21. The summed E-state index contributed by atoms with van der Waals surface area (Å²) in [6.07, 6.45) is 2.62. The minimum atomic E-state index is 0.865. The fourth-order valence-electron chi connectivity index (χ4n) is 3.70. The zero-order valence-corrected chi connectivity index (χ0v) is 14.8. The topological polar surface area (TPSA) is 22.6 Å². The van der Waals surface area contributed by atoms with Gasteiger partial charge in [-0.1, -0.05) is 23.5 Å². The Morgan fingerprint density at radius 2 is 1.78 bits per heavy atom. The Bertz CT molecular complexity index is 606. The highest BCUT2D eigenvalue weighted by molar-refractivity contribution is 7.22. The average molecular weight is 331 g/mol. The van der Waals surface area contributed by atoms with Crippen LogP contribution in [0, 0.1) is 5.92 Å². The summed E-state index contributed by atoms with van der Waals surface area (Å²) in [6, 6.07) is 8.48. The first-order valence-electron chi connectivity index (χ1n) is 8.79. The molecule has 23 heavy (non-hydrogen) atoms. The van der Waals surface area contributed by atoms with Crippen molar-refractivity contribution in [1.82, 2.24) is 14.8 Å². The number of nitrogens with zero attached hydrogens (tertiary/aromatic N) is 4. The molecule has 1 aromatic heterocycles. The summed E-state index contributed by atoms with van der Waals surface area (Å²) >= 11 is 1.84. The first-order valence-corrected chi connectivity index (χ1v) is 9.61. The largest absolute Gasteiger partial charge is 0.348 e. The number of hydrogen-bond acceptors (Lipinski definition) is 5. The van der Waals surface area contributed by atoms with E-state index in [1.54, 1.807) is 0 Å². The average Bonchev–Trinajstić information content (AvgIpc) is 3.02. The highest BCUT2D eigenvalue weighted by Crippen LogP contribution is 2.31. The number of anilines is 1. The quantitative estimate of drug-likeness (QED) is 0.863. The molecule has 0 atom stereocenters. The number of fused-ring (bicyclic) bond motifs is 1. The number of para-hydroxylation sites is 1. The molecule has 0 bridgehead atoms. The molecular formula is C18H26N4S. The number of rotatable bonds is 3. The molecule has 2 aliphatic heterocycles. The monoisotopic (exact) mass is 330 g/mol. The summed E-state index contributed by atoms with van der Waals surface area (Å²) < 4.78 is 1.31. The van der Waals surface area contributed by atoms with Gasteiger partial charge in [0.2, 0.25) is 0 Å². The fourth-order valence-corrected chi connectivity index (χ4v) is 4.71. The minimum absolute atomic E-state index is 0.865. The summed E-state index contributed by atoms with van der Waals surface area (Å²) in [7, 11) is 2.23. The molecule has 4 nitrogen and oxygen atoms in total. The van der Waals surface area contributed by atoms with Gasteiger partial charge < -0.3 is 14.7 Å². The van der Waals surface area contributed by atoms with Gasteiger partial charge in [0.15, 0.2) is 5.13 Å². The molecule has 2 fully saturated rings. The maximum absolute atomic E-state index is 4.81. The van der Waals surface area contributed by atoms with E-state index in [-0.39, 0.29) is 0 Å². The van der Waals surface area contributed by atoms with Crippen LogP contribution in [0.3, 0.4) is 0 Å². The van der Waals surface area contributed by atoms with Crippen molar-refractivity contribution in [3.63, 3.8) is 0 Å². The summed E-state index contributed by atoms with van der Waals surface area (Å²) in [5.74, 6) is 0.865. The van der Waals surface area contributed by atoms with Crippen molar-refractivity contribution in [3.8, 4) is 0 Å². The minimum Gasteiger partial charge on any atom is -0.348 e. The second-order valence-corrected chi connectivity index (χ2v) is 8.01. The molecule has 0 unspecified atom stereocenters. The standard InChI is InChI=1S/C18H26N4S/c1-20-10-12-21(13-11-20)14-15-6-8-22(9-7-15)18-19-16-4-2-3-5-17(16)23-18/h2-5,15H,6-14H2,1H3. The third-order valence-corrected chi connectivity index (χ3v) is 6.38. The van der Waals surface area contributed by atoms with Crippen LogP contribution in [0.1, 0.15) is 12.8 Å². The van der Waals surface area contributed by atoms with Crippen LogP contribution in [-0.2, 0) is 0 Å². The molecular weight excluding hydrogens is 304 g/mol. The van der Waals surface area contributed by atoms with E-state index in [0.29, 0.717) is 0 Å². The van der Waals surface area contributed by atoms with E-state index in [9.17, 15) is 0 Å². The lowest BCUT2D eigenvalue weighted by Gasteiger charge is -2.37. The molecule has 2 aliphatic rings. The molecule has 0 amide bonds. The molecule has 3 heterocycles. The number of piperidine rings is 1. The van der Waals surface area contributed by atoms with Crippen LogP contribution in [0.5, 0.6) is 0 Å². The van der Waals surface area contributed by atoms with Gasteiger partial charge in [0.05, 0.1) is 10.2 Å². The Balaban J connectivity index is 1.32. The van der Waals surface area contributed by atoms with Crippen molar-refractivity contribution in [2.75, 3.05) is 57.8 Å². The first kappa shape index (κ1) is 15.4. The zero-order chi connectivity index (χ0) is 15.6. The van der Waals surface area contributed by atoms with Gasteiger partial charge in [-0.25, -0.2) is 4.98 Å². The predicted molar refractivity (Wildman–Crippen MR) is 98.5 cm³/mol. The van der Waals surface area contributed by atoms with Gasteiger partial charge in [0.25, 0.3) is 0 Å². The van der Waals surface area contributed by atoms with Crippen LogP contribution < -0.4 is 4.90 Å². The molecule has 1 aromatic carbocycles. The maximum atomic E-state index is 4.81. The molecule has 4 rings (SSSR count). The first-order chi connectivity index (χ1) is 11.3. The molecule has 0 spiro atoms. The third kappa shape index (κ3) is 3.52. The van der Waals surface area contributed by atoms with Crippen molar-refractivity contribution in [2.45, 2.75) is 12.8 Å². The number of benzene rings is 1. The van der Waals surface area contributed by atoms with E-state index in [1.807, 2.05) is 11.3 Å². The molecule has 0 aliphatic carbocycles. The normalized spacial score (nSPS) is 22.0. The third-order valence-electron chi connectivity index (χ3n) is 5.28. The van der Waals surface area contributed by atoms with Crippen LogP contribution in [0.25, 0.3) is 10.2 Å². The summed E-state index contributed by atoms with van der Waals surface area (Å²) in [5.41, 5.74) is 1.15. The summed E-state index contributed by atoms with van der Waals surface area (Å²) in [6.45, 7) is 8.57. The van der Waals surface area contributed by atoms with Gasteiger partial charge in [0, 0.05) is 45.8 Å². The van der Waals surface area contributed by atoms with E-state index in [2.05, 4.69) is 46.0 Å². The lowest BCUT2D eigenvalue weighted by atomic mass is 9.96. The number of hydrogen-bond donors (Lipinski definition) is 0. The second kappa shape index (κ2) is 6.75. The number of thiazole rings is 1. The SMILES string of the molecule is CN1CCN(CC2CCN(c3nc4ccccc4s3)CC2)CC1. The van der Waals surface area contributed by atoms with E-state index in [1.165, 1.54) is 55.4 Å². The molecule has 0 radical (unpaired) electrons. The Morgan fingerprint density at radius 1 is 1.04 bits per heavy atom. The highest BCUT2D eigenvalue weighted by Gasteiger charge is 2.24. The van der Waals surface area contributed by atoms with Gasteiger partial charge in [-0.05, 0) is 37.9 Å². The molecule has 0 N–H and O–H groups in total. The van der Waals surface area contributed by atoms with Crippen molar-refractivity contribution < 1.29 is 0 Å². The van der Waals surface area contributed by atoms with Gasteiger partial charge in [0.1, 0.15) is 0 Å². The van der Waals surface area contributed by atoms with Crippen molar-refractivity contribution in [2.24, 2.45) is 5.92 Å². The fraction of sp³-hybridized carbons (Fsp3) is 0.611. The Labute approximate surface area is 142 Å². The van der Waals surface area contributed by atoms with Crippen LogP contribution in [0.4, 0.5) is 5.13 Å². The van der Waals surface area contributed by atoms with Crippen molar-refractivity contribution in [1.29, 1.82) is 0 Å². The molecule has 5 heteroatoms. The van der Waals surface area contributed by atoms with E-state index in [4.69, 9.17) is 4.98 Å². The number of likely N-dealkylation sites (N-methyl/N-ethyl adjacent to an activating group) is 1. The van der Waals surface area contributed by atoms with Crippen LogP contribution >= 0.6 is 11.3 Å². The maximum Gasteiger partial charge on any atom is 0.186 e. The van der Waals surface area contributed by atoms with Gasteiger partial charge in [-0.2, -0.15) is 0 Å². The lowest BCUT2D eigenvalue weighted by molar-refractivity contribution is 0.129. The van der Waals surface area contributed by atoms with Crippen LogP contribution in [0.2, 0.25) is 0 Å². The second-order valence-electron chi connectivity index (χ2n) is 7.00. The van der Waals surface area contributed by atoms with E-state index >= 15 is 0 Å². The van der Waals surface area contributed by atoms with E-state index in [0.717, 1.165) is 24.5 Å². The molecule has 2 saturated heterocycles.